The van der Waals surface area contributed by atoms with Gasteiger partial charge in [-0.25, -0.2) is 18.7 Å². The van der Waals surface area contributed by atoms with Gasteiger partial charge in [0.1, 0.15) is 5.82 Å². The second kappa shape index (κ2) is 7.92. The Kier molecular flexibility index (Phi) is 6.12. The van der Waals surface area contributed by atoms with Crippen LogP contribution >= 0.6 is 11.6 Å². The van der Waals surface area contributed by atoms with Crippen molar-refractivity contribution in [1.29, 1.82) is 0 Å². The Morgan fingerprint density at radius 2 is 1.88 bits per heavy atom. The zero-order valence-corrected chi connectivity index (χ0v) is 14.9. The molecule has 0 saturated carbocycles. The van der Waals surface area contributed by atoms with Crippen LogP contribution in [-0.4, -0.2) is 25.2 Å². The molecule has 0 bridgehead atoms. The lowest BCUT2D eigenvalue weighted by atomic mass is 10.2. The predicted octanol–water partition coefficient (Wildman–Crippen LogP) is 1.97. The Balaban J connectivity index is 2.45. The minimum atomic E-state index is -4.06. The molecule has 0 radical (unpaired) electrons. The number of nitrogens with two attached hydrogens (primary N) is 1. The first kappa shape index (κ1) is 19.3. The maximum atomic E-state index is 14.0. The second-order valence-corrected chi connectivity index (χ2v) is 7.70. The molecular formula is C16H17ClFN3O3S. The highest BCUT2D eigenvalue weighted by Crippen LogP contribution is 2.24. The van der Waals surface area contributed by atoms with E-state index in [1.807, 2.05) is 12.3 Å². The highest BCUT2D eigenvalue weighted by atomic mass is 35.5. The Morgan fingerprint density at radius 1 is 1.24 bits per heavy atom. The summed E-state index contributed by atoms with van der Waals surface area (Å²) < 4.78 is 40.6. The van der Waals surface area contributed by atoms with Crippen LogP contribution in [0.1, 0.15) is 11.1 Å². The smallest absolute Gasteiger partial charge is 0.249 e. The van der Waals surface area contributed by atoms with Crippen LogP contribution < -0.4 is 11.3 Å². The number of halogens is 2. The number of hydrogen-bond donors (Lipinski definition) is 2. The summed E-state index contributed by atoms with van der Waals surface area (Å²) in [4.78, 5) is 11.6. The number of hydrazine groups is 1. The zero-order chi connectivity index (χ0) is 18.6. The van der Waals surface area contributed by atoms with E-state index >= 15 is 0 Å². The van der Waals surface area contributed by atoms with Crippen molar-refractivity contribution in [1.82, 2.24) is 9.73 Å². The molecule has 134 valence electrons. The van der Waals surface area contributed by atoms with Crippen molar-refractivity contribution in [3.05, 3.63) is 64.4 Å². The van der Waals surface area contributed by atoms with Crippen LogP contribution in [0.2, 0.25) is 5.02 Å². The largest absolute Gasteiger partial charge is 0.293 e. The van der Waals surface area contributed by atoms with E-state index in [0.717, 1.165) is 9.87 Å². The van der Waals surface area contributed by atoms with Crippen molar-refractivity contribution in [2.45, 2.75) is 18.4 Å². The Bertz CT molecular complexity index is 852. The van der Waals surface area contributed by atoms with E-state index in [9.17, 15) is 17.6 Å². The number of rotatable bonds is 6. The SMILES string of the molecule is Cc1ccc(S(=O)(=O)N(CC(=O)NN)Cc2c(F)cccc2Cl)cc1. The van der Waals surface area contributed by atoms with Crippen molar-refractivity contribution >= 4 is 27.5 Å². The van der Waals surface area contributed by atoms with Crippen molar-refractivity contribution in [3.8, 4) is 0 Å². The van der Waals surface area contributed by atoms with Gasteiger partial charge in [0.25, 0.3) is 0 Å². The summed E-state index contributed by atoms with van der Waals surface area (Å²) >= 11 is 5.97. The van der Waals surface area contributed by atoms with Crippen LogP contribution in [0, 0.1) is 12.7 Å². The van der Waals surface area contributed by atoms with Crippen LogP contribution in [-0.2, 0) is 21.4 Å². The van der Waals surface area contributed by atoms with Crippen LogP contribution in [0.5, 0.6) is 0 Å². The summed E-state index contributed by atoms with van der Waals surface area (Å²) in [5, 5.41) is 0.0669. The summed E-state index contributed by atoms with van der Waals surface area (Å²) in [5.41, 5.74) is 2.73. The van der Waals surface area contributed by atoms with E-state index in [2.05, 4.69) is 0 Å². The number of nitrogens with one attached hydrogen (secondary N) is 1. The molecule has 1 amide bonds. The van der Waals surface area contributed by atoms with Gasteiger partial charge in [0.15, 0.2) is 0 Å². The van der Waals surface area contributed by atoms with Crippen molar-refractivity contribution < 1.29 is 17.6 Å². The molecule has 2 aromatic carbocycles. The van der Waals surface area contributed by atoms with Crippen molar-refractivity contribution in [2.75, 3.05) is 6.54 Å². The normalized spacial score (nSPS) is 11.6. The van der Waals surface area contributed by atoms with E-state index in [4.69, 9.17) is 17.4 Å². The molecule has 0 aliphatic heterocycles. The Labute approximate surface area is 150 Å². The van der Waals surface area contributed by atoms with E-state index in [-0.39, 0.29) is 15.5 Å². The van der Waals surface area contributed by atoms with Crippen molar-refractivity contribution in [2.24, 2.45) is 5.84 Å². The van der Waals surface area contributed by atoms with Gasteiger partial charge < -0.3 is 0 Å². The molecule has 0 unspecified atom stereocenters. The summed E-state index contributed by atoms with van der Waals surface area (Å²) in [6.45, 7) is 0.835. The minimum absolute atomic E-state index is 0.0182. The molecule has 0 aliphatic carbocycles. The van der Waals surface area contributed by atoms with Gasteiger partial charge in [-0.2, -0.15) is 4.31 Å². The third-order valence-corrected chi connectivity index (χ3v) is 5.70. The number of hydrogen-bond acceptors (Lipinski definition) is 4. The average molecular weight is 386 g/mol. The molecule has 9 heteroatoms. The number of sulfonamides is 1. The summed E-state index contributed by atoms with van der Waals surface area (Å²) in [7, 11) is -4.06. The number of carbonyl (C=O) groups excluding carboxylic acids is 1. The first-order valence-electron chi connectivity index (χ1n) is 7.25. The molecule has 6 nitrogen and oxygen atoms in total. The lowest BCUT2D eigenvalue weighted by Crippen LogP contribution is -2.42. The topological polar surface area (TPSA) is 92.5 Å². The summed E-state index contributed by atoms with van der Waals surface area (Å²) in [6, 6.07) is 10.1. The quantitative estimate of drug-likeness (QED) is 0.451. The lowest BCUT2D eigenvalue weighted by Gasteiger charge is -2.22. The van der Waals surface area contributed by atoms with Gasteiger partial charge in [-0.3, -0.25) is 10.2 Å². The molecule has 0 aliphatic rings. The third kappa shape index (κ3) is 4.55. The predicted molar refractivity (Wildman–Crippen MR) is 92.5 cm³/mol. The summed E-state index contributed by atoms with van der Waals surface area (Å²) in [6.07, 6.45) is 0. The Hall–Kier alpha value is -2.00. The number of benzene rings is 2. The van der Waals surface area contributed by atoms with Gasteiger partial charge >= 0.3 is 0 Å². The molecule has 0 atom stereocenters. The molecule has 3 N–H and O–H groups in total. The van der Waals surface area contributed by atoms with E-state index < -0.39 is 34.8 Å². The maximum absolute atomic E-state index is 14.0. The third-order valence-electron chi connectivity index (χ3n) is 3.54. The fraction of sp³-hybridized carbons (Fsp3) is 0.188. The number of aryl methyl sites for hydroxylation is 1. The standard InChI is InChI=1S/C16H17ClFN3O3S/c1-11-5-7-12(8-6-11)25(23,24)21(10-16(22)20-19)9-13-14(17)3-2-4-15(13)18/h2-8H,9-10,19H2,1H3,(H,20,22). The van der Waals surface area contributed by atoms with Crippen LogP contribution in [0.25, 0.3) is 0 Å². The molecule has 25 heavy (non-hydrogen) atoms. The molecular weight excluding hydrogens is 369 g/mol. The number of amides is 1. The van der Waals surface area contributed by atoms with Gasteiger partial charge in [0, 0.05) is 17.1 Å². The van der Waals surface area contributed by atoms with Crippen LogP contribution in [0.15, 0.2) is 47.4 Å². The van der Waals surface area contributed by atoms with Gasteiger partial charge in [-0.1, -0.05) is 35.4 Å². The maximum Gasteiger partial charge on any atom is 0.249 e. The second-order valence-electron chi connectivity index (χ2n) is 5.35. The molecule has 0 spiro atoms. The van der Waals surface area contributed by atoms with Gasteiger partial charge in [-0.05, 0) is 31.2 Å². The summed E-state index contributed by atoms with van der Waals surface area (Å²) in [5.74, 6) is 3.66. The monoisotopic (exact) mass is 385 g/mol. The molecule has 0 saturated heterocycles. The van der Waals surface area contributed by atoms with E-state index in [0.29, 0.717) is 0 Å². The van der Waals surface area contributed by atoms with E-state index in [1.54, 1.807) is 12.1 Å². The van der Waals surface area contributed by atoms with Gasteiger partial charge in [0.2, 0.25) is 15.9 Å². The van der Waals surface area contributed by atoms with Gasteiger partial charge in [0.05, 0.1) is 11.4 Å². The first-order chi connectivity index (χ1) is 11.8. The van der Waals surface area contributed by atoms with Crippen LogP contribution in [0.3, 0.4) is 0 Å². The van der Waals surface area contributed by atoms with Crippen LogP contribution in [0.4, 0.5) is 4.39 Å². The molecule has 0 fully saturated rings. The Morgan fingerprint density at radius 3 is 2.44 bits per heavy atom. The molecule has 0 heterocycles. The highest BCUT2D eigenvalue weighted by Gasteiger charge is 2.28. The van der Waals surface area contributed by atoms with E-state index in [1.165, 1.54) is 30.3 Å². The zero-order valence-electron chi connectivity index (χ0n) is 13.4. The fourth-order valence-corrected chi connectivity index (χ4v) is 3.74. The molecule has 2 aromatic rings. The molecule has 2 rings (SSSR count). The average Bonchev–Trinajstić information content (AvgIpc) is 2.57. The molecule has 0 aromatic heterocycles. The fourth-order valence-electron chi connectivity index (χ4n) is 2.15. The first-order valence-corrected chi connectivity index (χ1v) is 9.06. The number of nitrogens with zero attached hydrogens (tertiary/aromatic N) is 1. The lowest BCUT2D eigenvalue weighted by molar-refractivity contribution is -0.121. The highest BCUT2D eigenvalue weighted by molar-refractivity contribution is 7.89. The minimum Gasteiger partial charge on any atom is -0.293 e. The number of carbonyl (C=O) groups is 1. The van der Waals surface area contributed by atoms with Crippen molar-refractivity contribution in [3.63, 3.8) is 0 Å². The van der Waals surface area contributed by atoms with Gasteiger partial charge in [-0.15, -0.1) is 0 Å².